The van der Waals surface area contributed by atoms with Crippen molar-refractivity contribution < 1.29 is 4.74 Å². The molecule has 2 heteroatoms. The maximum Gasteiger partial charge on any atom is 0.123 e. The van der Waals surface area contributed by atoms with E-state index in [2.05, 4.69) is 83.3 Å². The van der Waals surface area contributed by atoms with E-state index in [9.17, 15) is 0 Å². The summed E-state index contributed by atoms with van der Waals surface area (Å²) in [5.41, 5.74) is 6.42. The quantitative estimate of drug-likeness (QED) is 0.673. The zero-order valence-corrected chi connectivity index (χ0v) is 15.9. The first kappa shape index (κ1) is 18.4. The molecule has 0 radical (unpaired) electrons. The molecule has 0 saturated heterocycles. The molecule has 0 aliphatic heterocycles. The number of anilines is 1. The smallest absolute Gasteiger partial charge is 0.123 e. The number of hydrogen-bond acceptors (Lipinski definition) is 2. The van der Waals surface area contributed by atoms with Gasteiger partial charge in [0, 0.05) is 5.69 Å². The molecule has 0 fully saturated rings. The van der Waals surface area contributed by atoms with Gasteiger partial charge in [0.25, 0.3) is 0 Å². The van der Waals surface area contributed by atoms with Crippen LogP contribution in [0, 0.1) is 20.8 Å². The first-order chi connectivity index (χ1) is 11.4. The zero-order valence-electron chi connectivity index (χ0n) is 15.9. The summed E-state index contributed by atoms with van der Waals surface area (Å²) in [6.07, 6.45) is 1.23. The van der Waals surface area contributed by atoms with E-state index in [1.165, 1.54) is 27.9 Å². The number of rotatable bonds is 7. The number of para-hydroxylation sites is 1. The van der Waals surface area contributed by atoms with Gasteiger partial charge in [0.15, 0.2) is 0 Å². The summed E-state index contributed by atoms with van der Waals surface area (Å²) in [6.45, 7) is 13.8. The van der Waals surface area contributed by atoms with E-state index in [0.29, 0.717) is 5.92 Å². The first-order valence-corrected chi connectivity index (χ1v) is 8.99. The van der Waals surface area contributed by atoms with Crippen LogP contribution < -0.4 is 10.1 Å². The number of hydrogen-bond donors (Lipinski definition) is 1. The Morgan fingerprint density at radius 2 is 1.62 bits per heavy atom. The van der Waals surface area contributed by atoms with Crippen molar-refractivity contribution in [2.24, 2.45) is 0 Å². The van der Waals surface area contributed by atoms with Gasteiger partial charge in [-0.3, -0.25) is 0 Å². The van der Waals surface area contributed by atoms with E-state index < -0.39 is 0 Å². The van der Waals surface area contributed by atoms with Crippen LogP contribution in [0.4, 0.5) is 5.69 Å². The Labute approximate surface area is 147 Å². The second-order valence-electron chi connectivity index (χ2n) is 6.93. The van der Waals surface area contributed by atoms with E-state index in [-0.39, 0.29) is 6.10 Å². The van der Waals surface area contributed by atoms with Gasteiger partial charge in [0.1, 0.15) is 11.9 Å². The molecule has 0 aliphatic carbocycles. The summed E-state index contributed by atoms with van der Waals surface area (Å²) >= 11 is 0. The Morgan fingerprint density at radius 3 is 2.25 bits per heavy atom. The molecule has 1 N–H and O–H groups in total. The second kappa shape index (κ2) is 8.23. The summed E-state index contributed by atoms with van der Waals surface area (Å²) in [5, 5.41) is 3.57. The van der Waals surface area contributed by atoms with Crippen LogP contribution >= 0.6 is 0 Å². The van der Waals surface area contributed by atoms with Crippen molar-refractivity contribution in [3.05, 3.63) is 58.7 Å². The molecule has 0 amide bonds. The molecule has 0 aliphatic rings. The molecule has 0 heterocycles. The van der Waals surface area contributed by atoms with E-state index in [0.717, 1.165) is 18.7 Å². The normalized spacial score (nSPS) is 13.4. The van der Waals surface area contributed by atoms with Crippen molar-refractivity contribution in [1.82, 2.24) is 0 Å². The summed E-state index contributed by atoms with van der Waals surface area (Å²) in [7, 11) is 0. The summed E-state index contributed by atoms with van der Waals surface area (Å²) in [6, 6.07) is 12.8. The Balaban J connectivity index is 2.04. The van der Waals surface area contributed by atoms with Gasteiger partial charge >= 0.3 is 0 Å². The lowest BCUT2D eigenvalue weighted by Gasteiger charge is -2.22. The van der Waals surface area contributed by atoms with Crippen LogP contribution in [0.1, 0.15) is 55.4 Å². The maximum atomic E-state index is 6.23. The lowest BCUT2D eigenvalue weighted by Crippen LogP contribution is -2.24. The van der Waals surface area contributed by atoms with Gasteiger partial charge in [0.05, 0.1) is 6.54 Å². The van der Waals surface area contributed by atoms with Gasteiger partial charge in [-0.1, -0.05) is 49.7 Å². The minimum atomic E-state index is 0.107. The molecule has 2 aromatic carbocycles. The van der Waals surface area contributed by atoms with Crippen LogP contribution in [-0.2, 0) is 0 Å². The Kier molecular flexibility index (Phi) is 6.30. The molecule has 2 aromatic rings. The van der Waals surface area contributed by atoms with Crippen LogP contribution in [0.15, 0.2) is 36.4 Å². The third kappa shape index (κ3) is 4.53. The van der Waals surface area contributed by atoms with E-state index >= 15 is 0 Å². The van der Waals surface area contributed by atoms with Crippen molar-refractivity contribution in [3.8, 4) is 5.75 Å². The zero-order chi connectivity index (χ0) is 17.7. The molecule has 130 valence electrons. The predicted molar refractivity (Wildman–Crippen MR) is 104 cm³/mol. The molecule has 2 atom stereocenters. The van der Waals surface area contributed by atoms with E-state index in [4.69, 9.17) is 4.74 Å². The molecule has 0 aromatic heterocycles. The fourth-order valence-corrected chi connectivity index (χ4v) is 3.18. The monoisotopic (exact) mass is 325 g/mol. The molecule has 0 bridgehead atoms. The fraction of sp³-hybridized carbons (Fsp3) is 0.455. The van der Waals surface area contributed by atoms with Crippen molar-refractivity contribution in [1.29, 1.82) is 0 Å². The topological polar surface area (TPSA) is 21.3 Å². The third-order valence-electron chi connectivity index (χ3n) is 4.63. The highest BCUT2D eigenvalue weighted by Gasteiger charge is 2.13. The average Bonchev–Trinajstić information content (AvgIpc) is 2.53. The number of benzene rings is 2. The van der Waals surface area contributed by atoms with Crippen molar-refractivity contribution in [2.45, 2.75) is 60.0 Å². The molecule has 0 unspecified atom stereocenters. The molecule has 0 spiro atoms. The Hall–Kier alpha value is -1.96. The van der Waals surface area contributed by atoms with Crippen LogP contribution in [-0.4, -0.2) is 12.6 Å². The number of aryl methyl sites for hydroxylation is 3. The highest BCUT2D eigenvalue weighted by atomic mass is 16.5. The van der Waals surface area contributed by atoms with Gasteiger partial charge in [-0.05, 0) is 62.8 Å². The van der Waals surface area contributed by atoms with Crippen molar-refractivity contribution >= 4 is 5.69 Å². The summed E-state index contributed by atoms with van der Waals surface area (Å²) in [4.78, 5) is 0. The highest BCUT2D eigenvalue weighted by Crippen LogP contribution is 2.29. The molecular weight excluding hydrogens is 294 g/mol. The SMILES string of the molecule is CC[C@H](C)c1ccccc1O[C@@H](C)CNc1c(C)cc(C)cc1C. The lowest BCUT2D eigenvalue weighted by molar-refractivity contribution is 0.231. The molecule has 2 rings (SSSR count). The third-order valence-corrected chi connectivity index (χ3v) is 4.63. The van der Waals surface area contributed by atoms with Gasteiger partial charge in [0.2, 0.25) is 0 Å². The van der Waals surface area contributed by atoms with Gasteiger partial charge < -0.3 is 10.1 Å². The minimum absolute atomic E-state index is 0.107. The molecular formula is C22H31NO. The largest absolute Gasteiger partial charge is 0.489 e. The van der Waals surface area contributed by atoms with Crippen molar-refractivity contribution in [3.63, 3.8) is 0 Å². The summed E-state index contributed by atoms with van der Waals surface area (Å²) in [5.74, 6) is 1.53. The predicted octanol–water partition coefficient (Wildman–Crippen LogP) is 6.00. The maximum absolute atomic E-state index is 6.23. The first-order valence-electron chi connectivity index (χ1n) is 8.99. The van der Waals surface area contributed by atoms with E-state index in [1.54, 1.807) is 0 Å². The molecule has 2 nitrogen and oxygen atoms in total. The number of ether oxygens (including phenoxy) is 1. The summed E-state index contributed by atoms with van der Waals surface area (Å²) < 4.78 is 6.23. The van der Waals surface area contributed by atoms with Gasteiger partial charge in [-0.2, -0.15) is 0 Å². The minimum Gasteiger partial charge on any atom is -0.489 e. The lowest BCUT2D eigenvalue weighted by atomic mass is 9.98. The molecule has 0 saturated carbocycles. The van der Waals surface area contributed by atoms with Gasteiger partial charge in [-0.25, -0.2) is 0 Å². The average molecular weight is 325 g/mol. The molecule has 24 heavy (non-hydrogen) atoms. The van der Waals surface area contributed by atoms with Gasteiger partial charge in [-0.15, -0.1) is 0 Å². The fourth-order valence-electron chi connectivity index (χ4n) is 3.18. The van der Waals surface area contributed by atoms with Crippen LogP contribution in [0.3, 0.4) is 0 Å². The van der Waals surface area contributed by atoms with E-state index in [1.807, 2.05) is 0 Å². The van der Waals surface area contributed by atoms with Crippen LogP contribution in [0.2, 0.25) is 0 Å². The Morgan fingerprint density at radius 1 is 1.00 bits per heavy atom. The number of nitrogens with one attached hydrogen (secondary N) is 1. The second-order valence-corrected chi connectivity index (χ2v) is 6.93. The Bertz CT molecular complexity index is 654. The highest BCUT2D eigenvalue weighted by molar-refractivity contribution is 5.58. The van der Waals surface area contributed by atoms with Crippen LogP contribution in [0.25, 0.3) is 0 Å². The van der Waals surface area contributed by atoms with Crippen LogP contribution in [0.5, 0.6) is 5.75 Å². The van der Waals surface area contributed by atoms with Crippen molar-refractivity contribution in [2.75, 3.05) is 11.9 Å². The standard InChI is InChI=1S/C22H31NO/c1-7-16(3)20-10-8-9-11-21(20)24-19(6)14-23-22-17(4)12-15(2)13-18(22)5/h8-13,16,19,23H,7,14H2,1-6H3/t16-,19-/m0/s1.